The van der Waals surface area contributed by atoms with Crippen molar-refractivity contribution >= 4 is 17.5 Å². The number of nitrogens with one attached hydrogen (secondary N) is 1. The second kappa shape index (κ2) is 4.88. The molecule has 2 rings (SSSR count). The van der Waals surface area contributed by atoms with Gasteiger partial charge < -0.3 is 9.88 Å². The Morgan fingerprint density at radius 1 is 1.60 bits per heavy atom. The third kappa shape index (κ3) is 2.46. The summed E-state index contributed by atoms with van der Waals surface area (Å²) in [7, 11) is 0. The zero-order valence-corrected chi connectivity index (χ0v) is 9.87. The van der Waals surface area contributed by atoms with Crippen molar-refractivity contribution in [1.82, 2.24) is 9.55 Å². The third-order valence-electron chi connectivity index (χ3n) is 3.14. The molecule has 1 heterocycles. The van der Waals surface area contributed by atoms with Gasteiger partial charge in [0.25, 0.3) is 0 Å². The van der Waals surface area contributed by atoms with Crippen molar-refractivity contribution in [2.45, 2.75) is 38.1 Å². The SMILES string of the molecule is CCn1ccnc1NCC1CCCC1Cl. The molecule has 0 spiro atoms. The fraction of sp³-hybridized carbons (Fsp3) is 0.727. The molecule has 1 aliphatic rings. The largest absolute Gasteiger partial charge is 0.355 e. The van der Waals surface area contributed by atoms with E-state index in [1.54, 1.807) is 0 Å². The number of alkyl halides is 1. The first-order valence-electron chi connectivity index (χ1n) is 5.70. The molecular weight excluding hydrogens is 210 g/mol. The highest BCUT2D eigenvalue weighted by Crippen LogP contribution is 2.30. The second-order valence-electron chi connectivity index (χ2n) is 4.12. The topological polar surface area (TPSA) is 29.9 Å². The third-order valence-corrected chi connectivity index (χ3v) is 3.72. The normalized spacial score (nSPS) is 25.7. The van der Waals surface area contributed by atoms with Gasteiger partial charge in [-0.15, -0.1) is 11.6 Å². The lowest BCUT2D eigenvalue weighted by atomic mass is 10.1. The van der Waals surface area contributed by atoms with Gasteiger partial charge >= 0.3 is 0 Å². The van der Waals surface area contributed by atoms with Gasteiger partial charge in [-0.25, -0.2) is 4.98 Å². The van der Waals surface area contributed by atoms with Gasteiger partial charge in [0.05, 0.1) is 0 Å². The first kappa shape index (κ1) is 10.8. The molecule has 1 fully saturated rings. The first-order chi connectivity index (χ1) is 7.31. The molecule has 3 nitrogen and oxygen atoms in total. The predicted octanol–water partition coefficient (Wildman–Crippen LogP) is 2.72. The van der Waals surface area contributed by atoms with Gasteiger partial charge in [0, 0.05) is 30.9 Å². The Kier molecular flexibility index (Phi) is 3.52. The van der Waals surface area contributed by atoms with Crippen LogP contribution in [0.2, 0.25) is 0 Å². The Balaban J connectivity index is 1.87. The number of aryl methyl sites for hydroxylation is 1. The first-order valence-corrected chi connectivity index (χ1v) is 6.14. The molecule has 1 aromatic heterocycles. The average Bonchev–Trinajstić information content (AvgIpc) is 2.83. The lowest BCUT2D eigenvalue weighted by molar-refractivity contribution is 0.581. The Labute approximate surface area is 95.8 Å². The van der Waals surface area contributed by atoms with Gasteiger partial charge in [0.1, 0.15) is 0 Å². The number of hydrogen-bond acceptors (Lipinski definition) is 2. The van der Waals surface area contributed by atoms with Crippen LogP contribution in [0.1, 0.15) is 26.2 Å². The molecule has 0 amide bonds. The van der Waals surface area contributed by atoms with Crippen LogP contribution in [-0.2, 0) is 6.54 Å². The highest BCUT2D eigenvalue weighted by atomic mass is 35.5. The van der Waals surface area contributed by atoms with Crippen LogP contribution in [0.4, 0.5) is 5.95 Å². The van der Waals surface area contributed by atoms with Gasteiger partial charge in [0.2, 0.25) is 5.95 Å². The summed E-state index contributed by atoms with van der Waals surface area (Å²) in [6.07, 6.45) is 7.50. The van der Waals surface area contributed by atoms with E-state index in [-0.39, 0.29) is 0 Å². The van der Waals surface area contributed by atoms with Crippen molar-refractivity contribution in [3.8, 4) is 0 Å². The van der Waals surface area contributed by atoms with Crippen LogP contribution in [0.3, 0.4) is 0 Å². The van der Waals surface area contributed by atoms with E-state index in [2.05, 4.69) is 21.8 Å². The van der Waals surface area contributed by atoms with Crippen LogP contribution < -0.4 is 5.32 Å². The van der Waals surface area contributed by atoms with Crippen LogP contribution >= 0.6 is 11.6 Å². The Bertz CT molecular complexity index is 311. The zero-order valence-electron chi connectivity index (χ0n) is 9.12. The van der Waals surface area contributed by atoms with E-state index in [0.717, 1.165) is 25.5 Å². The molecule has 0 saturated heterocycles. The molecule has 4 heteroatoms. The van der Waals surface area contributed by atoms with E-state index in [0.29, 0.717) is 11.3 Å². The fourth-order valence-electron chi connectivity index (χ4n) is 2.18. The van der Waals surface area contributed by atoms with Crippen LogP contribution in [0.25, 0.3) is 0 Å². The molecule has 84 valence electrons. The monoisotopic (exact) mass is 227 g/mol. The molecule has 0 aliphatic heterocycles. The Hall–Kier alpha value is -0.700. The van der Waals surface area contributed by atoms with Crippen molar-refractivity contribution in [2.24, 2.45) is 5.92 Å². The molecule has 2 atom stereocenters. The van der Waals surface area contributed by atoms with Crippen molar-refractivity contribution in [3.63, 3.8) is 0 Å². The van der Waals surface area contributed by atoms with E-state index in [4.69, 9.17) is 11.6 Å². The fourth-order valence-corrected chi connectivity index (χ4v) is 2.54. The predicted molar refractivity (Wildman–Crippen MR) is 63.4 cm³/mol. The minimum atomic E-state index is 0.350. The van der Waals surface area contributed by atoms with Gasteiger partial charge in [-0.2, -0.15) is 0 Å². The van der Waals surface area contributed by atoms with Gasteiger partial charge in [-0.05, 0) is 25.7 Å². The van der Waals surface area contributed by atoms with E-state index < -0.39 is 0 Å². The van der Waals surface area contributed by atoms with E-state index >= 15 is 0 Å². The van der Waals surface area contributed by atoms with E-state index in [1.165, 1.54) is 12.8 Å². The molecule has 2 unspecified atom stereocenters. The minimum absolute atomic E-state index is 0.350. The summed E-state index contributed by atoms with van der Waals surface area (Å²) in [4.78, 5) is 4.28. The molecule has 0 aromatic carbocycles. The number of anilines is 1. The Morgan fingerprint density at radius 2 is 2.47 bits per heavy atom. The van der Waals surface area contributed by atoms with Crippen molar-refractivity contribution in [3.05, 3.63) is 12.4 Å². The number of aromatic nitrogens is 2. The summed E-state index contributed by atoms with van der Waals surface area (Å²) in [5, 5.41) is 3.73. The van der Waals surface area contributed by atoms with E-state index in [1.807, 2.05) is 12.4 Å². The zero-order chi connectivity index (χ0) is 10.7. The summed E-state index contributed by atoms with van der Waals surface area (Å²) in [6.45, 7) is 4.02. The summed E-state index contributed by atoms with van der Waals surface area (Å²) in [5.41, 5.74) is 0. The molecule has 0 bridgehead atoms. The van der Waals surface area contributed by atoms with Gasteiger partial charge in [-0.3, -0.25) is 0 Å². The molecule has 1 aliphatic carbocycles. The highest BCUT2D eigenvalue weighted by Gasteiger charge is 2.25. The van der Waals surface area contributed by atoms with E-state index in [9.17, 15) is 0 Å². The minimum Gasteiger partial charge on any atom is -0.355 e. The lowest BCUT2D eigenvalue weighted by Crippen LogP contribution is -2.20. The molecule has 15 heavy (non-hydrogen) atoms. The summed E-state index contributed by atoms with van der Waals surface area (Å²) in [5.74, 6) is 1.57. The molecule has 1 aromatic rings. The summed E-state index contributed by atoms with van der Waals surface area (Å²) < 4.78 is 2.11. The van der Waals surface area contributed by atoms with Crippen molar-refractivity contribution in [1.29, 1.82) is 0 Å². The summed E-state index contributed by atoms with van der Waals surface area (Å²) >= 11 is 6.22. The van der Waals surface area contributed by atoms with Gasteiger partial charge in [-0.1, -0.05) is 6.42 Å². The maximum absolute atomic E-state index is 6.22. The number of hydrogen-bond donors (Lipinski definition) is 1. The standard InChI is InChI=1S/C11H18ClN3/c1-2-15-7-6-13-11(15)14-8-9-4-3-5-10(9)12/h6-7,9-10H,2-5,8H2,1H3,(H,13,14). The number of halogens is 1. The van der Waals surface area contributed by atoms with Gasteiger partial charge in [0.15, 0.2) is 0 Å². The van der Waals surface area contributed by atoms with Crippen LogP contribution in [0.15, 0.2) is 12.4 Å². The molecule has 1 N–H and O–H groups in total. The lowest BCUT2D eigenvalue weighted by Gasteiger charge is -2.15. The van der Waals surface area contributed by atoms with Crippen LogP contribution in [0.5, 0.6) is 0 Å². The molecular formula is C11H18ClN3. The average molecular weight is 228 g/mol. The molecule has 0 radical (unpaired) electrons. The second-order valence-corrected chi connectivity index (χ2v) is 4.69. The van der Waals surface area contributed by atoms with Crippen LogP contribution in [-0.4, -0.2) is 21.5 Å². The smallest absolute Gasteiger partial charge is 0.202 e. The maximum Gasteiger partial charge on any atom is 0.202 e. The maximum atomic E-state index is 6.22. The number of rotatable bonds is 4. The quantitative estimate of drug-likeness (QED) is 0.802. The number of imidazole rings is 1. The van der Waals surface area contributed by atoms with Crippen LogP contribution in [0, 0.1) is 5.92 Å². The summed E-state index contributed by atoms with van der Waals surface area (Å²) in [6, 6.07) is 0. The highest BCUT2D eigenvalue weighted by molar-refractivity contribution is 6.20. The van der Waals surface area contributed by atoms with Crippen molar-refractivity contribution < 1.29 is 0 Å². The molecule has 1 saturated carbocycles. The number of nitrogens with zero attached hydrogens (tertiary/aromatic N) is 2. The van der Waals surface area contributed by atoms with Crippen molar-refractivity contribution in [2.75, 3.05) is 11.9 Å². The Morgan fingerprint density at radius 3 is 3.13 bits per heavy atom.